The molecule has 0 amide bonds. The highest BCUT2D eigenvalue weighted by Crippen LogP contribution is 2.38. The zero-order valence-corrected chi connectivity index (χ0v) is 10.8. The number of rotatable bonds is 5. The van der Waals surface area contributed by atoms with Crippen LogP contribution in [0.4, 0.5) is 17.6 Å². The number of hydrogen-bond acceptors (Lipinski definition) is 3. The molecule has 3 nitrogen and oxygen atoms in total. The normalized spacial score (nSPS) is 14.7. The summed E-state index contributed by atoms with van der Waals surface area (Å²) < 4.78 is 56.8. The summed E-state index contributed by atoms with van der Waals surface area (Å²) in [4.78, 5) is 12.0. The molecule has 0 aliphatic heterocycles. The van der Waals surface area contributed by atoms with Crippen molar-refractivity contribution >= 4 is 5.97 Å². The molecule has 1 atom stereocenters. The zero-order chi connectivity index (χ0) is 15.4. The Kier molecular flexibility index (Phi) is 5.10. The van der Waals surface area contributed by atoms with Gasteiger partial charge in [-0.2, -0.15) is 13.2 Å². The van der Waals surface area contributed by atoms with Gasteiger partial charge < -0.3 is 10.5 Å². The fourth-order valence-corrected chi connectivity index (χ4v) is 2.00. The average Bonchev–Trinajstić information content (AvgIpc) is 2.36. The van der Waals surface area contributed by atoms with Crippen LogP contribution in [-0.2, 0) is 14.9 Å². The third-order valence-electron chi connectivity index (χ3n) is 2.91. The lowest BCUT2D eigenvalue weighted by atomic mass is 9.77. The van der Waals surface area contributed by atoms with E-state index in [2.05, 4.69) is 4.74 Å². The highest BCUT2D eigenvalue weighted by atomic mass is 19.4. The maximum atomic E-state index is 13.8. The molecule has 1 aromatic rings. The first-order chi connectivity index (χ1) is 9.27. The average molecular weight is 293 g/mol. The van der Waals surface area contributed by atoms with E-state index in [0.717, 1.165) is 12.1 Å². The molecular formula is C13H15F4NO2. The Balaban J connectivity index is 3.39. The highest BCUT2D eigenvalue weighted by Gasteiger charge is 2.50. The van der Waals surface area contributed by atoms with E-state index in [1.165, 1.54) is 19.1 Å². The van der Waals surface area contributed by atoms with E-state index in [1.54, 1.807) is 0 Å². The van der Waals surface area contributed by atoms with Gasteiger partial charge in [-0.25, -0.2) is 4.39 Å². The number of benzene rings is 1. The van der Waals surface area contributed by atoms with Crippen LogP contribution in [0.5, 0.6) is 0 Å². The Bertz CT molecular complexity index is 476. The topological polar surface area (TPSA) is 52.3 Å². The van der Waals surface area contributed by atoms with Crippen LogP contribution in [0.3, 0.4) is 0 Å². The Labute approximate surface area is 113 Å². The van der Waals surface area contributed by atoms with E-state index in [0.29, 0.717) is 0 Å². The maximum Gasteiger partial charge on any atom is 0.390 e. The lowest BCUT2D eigenvalue weighted by Gasteiger charge is -2.31. The predicted octanol–water partition coefficient (Wildman–Crippen LogP) is 2.54. The second-order valence-electron chi connectivity index (χ2n) is 4.28. The number of hydrogen-bond donors (Lipinski definition) is 1. The van der Waals surface area contributed by atoms with Crippen LogP contribution < -0.4 is 5.73 Å². The Hall–Kier alpha value is -1.63. The molecule has 2 N–H and O–H groups in total. The molecule has 0 spiro atoms. The van der Waals surface area contributed by atoms with Gasteiger partial charge in [0.2, 0.25) is 0 Å². The summed E-state index contributed by atoms with van der Waals surface area (Å²) in [5.74, 6) is -2.10. The lowest BCUT2D eigenvalue weighted by Crippen LogP contribution is -2.48. The van der Waals surface area contributed by atoms with Crippen LogP contribution in [0.15, 0.2) is 24.3 Å². The van der Waals surface area contributed by atoms with E-state index < -0.39 is 41.9 Å². The largest absolute Gasteiger partial charge is 0.465 e. The molecule has 0 aliphatic carbocycles. The predicted molar refractivity (Wildman–Crippen MR) is 64.4 cm³/mol. The van der Waals surface area contributed by atoms with Crippen molar-refractivity contribution in [2.75, 3.05) is 13.2 Å². The van der Waals surface area contributed by atoms with Crippen LogP contribution in [0.25, 0.3) is 0 Å². The number of nitrogens with two attached hydrogens (primary N) is 1. The third-order valence-corrected chi connectivity index (χ3v) is 2.91. The molecule has 0 bridgehead atoms. The van der Waals surface area contributed by atoms with Gasteiger partial charge in [0.05, 0.1) is 13.0 Å². The number of alkyl halides is 3. The number of ether oxygens (including phenoxy) is 1. The molecule has 0 saturated heterocycles. The van der Waals surface area contributed by atoms with Crippen molar-refractivity contribution in [3.63, 3.8) is 0 Å². The van der Waals surface area contributed by atoms with Gasteiger partial charge in [0, 0.05) is 12.1 Å². The number of carbonyl (C=O) groups excluding carboxylic acids is 1. The summed E-state index contributed by atoms with van der Waals surface area (Å²) in [7, 11) is 0. The van der Waals surface area contributed by atoms with Crippen molar-refractivity contribution < 1.29 is 27.1 Å². The fraction of sp³-hybridized carbons (Fsp3) is 0.462. The minimum atomic E-state index is -4.69. The summed E-state index contributed by atoms with van der Waals surface area (Å²) in [6.07, 6.45) is -6.26. The van der Waals surface area contributed by atoms with Crippen molar-refractivity contribution in [3.05, 3.63) is 35.6 Å². The number of carbonyl (C=O) groups is 1. The quantitative estimate of drug-likeness (QED) is 0.670. The molecule has 0 fully saturated rings. The van der Waals surface area contributed by atoms with E-state index >= 15 is 0 Å². The van der Waals surface area contributed by atoms with Gasteiger partial charge in [-0.15, -0.1) is 0 Å². The molecule has 20 heavy (non-hydrogen) atoms. The summed E-state index contributed by atoms with van der Waals surface area (Å²) in [6, 6.07) is 4.76. The van der Waals surface area contributed by atoms with Gasteiger partial charge in [0.25, 0.3) is 0 Å². The van der Waals surface area contributed by atoms with Crippen LogP contribution >= 0.6 is 0 Å². The van der Waals surface area contributed by atoms with Gasteiger partial charge in [-0.1, -0.05) is 18.2 Å². The minimum Gasteiger partial charge on any atom is -0.465 e. The first-order valence-electron chi connectivity index (χ1n) is 5.96. The fourth-order valence-electron chi connectivity index (χ4n) is 2.00. The molecule has 7 heteroatoms. The molecule has 0 aromatic heterocycles. The second-order valence-corrected chi connectivity index (χ2v) is 4.28. The second kappa shape index (κ2) is 6.21. The van der Waals surface area contributed by atoms with E-state index in [9.17, 15) is 22.4 Å². The van der Waals surface area contributed by atoms with Crippen LogP contribution in [0.1, 0.15) is 18.9 Å². The van der Waals surface area contributed by atoms with Crippen molar-refractivity contribution in [2.45, 2.75) is 24.9 Å². The lowest BCUT2D eigenvalue weighted by molar-refractivity contribution is -0.171. The van der Waals surface area contributed by atoms with Crippen molar-refractivity contribution in [1.29, 1.82) is 0 Å². The molecule has 1 aromatic carbocycles. The van der Waals surface area contributed by atoms with Crippen molar-refractivity contribution in [1.82, 2.24) is 0 Å². The van der Waals surface area contributed by atoms with E-state index in [4.69, 9.17) is 5.73 Å². The molecule has 0 aliphatic rings. The Morgan fingerprint density at radius 2 is 1.90 bits per heavy atom. The summed E-state index contributed by atoms with van der Waals surface area (Å²) in [5, 5.41) is 0. The van der Waals surface area contributed by atoms with Crippen molar-refractivity contribution in [2.24, 2.45) is 5.73 Å². The standard InChI is InChI=1S/C13H15F4NO2/c1-2-20-11(19)12(8-18,7-13(15,16)17)9-5-3-4-6-10(9)14/h3-6H,2,7-8,18H2,1H3. The zero-order valence-electron chi connectivity index (χ0n) is 10.8. The minimum absolute atomic E-state index is 0.118. The molecule has 1 unspecified atom stereocenters. The van der Waals surface area contributed by atoms with Gasteiger partial charge in [0.15, 0.2) is 0 Å². The summed E-state index contributed by atoms with van der Waals surface area (Å²) >= 11 is 0. The maximum absolute atomic E-state index is 13.8. The number of halogens is 4. The summed E-state index contributed by atoms with van der Waals surface area (Å²) in [5.41, 5.74) is 2.71. The molecule has 112 valence electrons. The van der Waals surface area contributed by atoms with Crippen LogP contribution in [0.2, 0.25) is 0 Å². The van der Waals surface area contributed by atoms with Gasteiger partial charge >= 0.3 is 12.1 Å². The van der Waals surface area contributed by atoms with Gasteiger partial charge in [-0.05, 0) is 13.0 Å². The third kappa shape index (κ3) is 3.47. The highest BCUT2D eigenvalue weighted by molar-refractivity contribution is 5.83. The monoisotopic (exact) mass is 293 g/mol. The Morgan fingerprint density at radius 3 is 2.35 bits per heavy atom. The molecule has 1 rings (SSSR count). The van der Waals surface area contributed by atoms with E-state index in [-0.39, 0.29) is 6.61 Å². The number of esters is 1. The molecule has 0 heterocycles. The van der Waals surface area contributed by atoms with Crippen molar-refractivity contribution in [3.8, 4) is 0 Å². The first kappa shape index (κ1) is 16.4. The smallest absolute Gasteiger partial charge is 0.390 e. The van der Waals surface area contributed by atoms with Gasteiger partial charge in [0.1, 0.15) is 11.2 Å². The molecular weight excluding hydrogens is 278 g/mol. The summed E-state index contributed by atoms with van der Waals surface area (Å²) in [6.45, 7) is 0.632. The van der Waals surface area contributed by atoms with Crippen LogP contribution in [-0.4, -0.2) is 25.3 Å². The van der Waals surface area contributed by atoms with E-state index in [1.807, 2.05) is 0 Å². The first-order valence-corrected chi connectivity index (χ1v) is 5.96. The SMILES string of the molecule is CCOC(=O)C(CN)(CC(F)(F)F)c1ccccc1F. The Morgan fingerprint density at radius 1 is 1.30 bits per heavy atom. The van der Waals surface area contributed by atoms with Gasteiger partial charge in [-0.3, -0.25) is 4.79 Å². The molecule has 0 saturated carbocycles. The van der Waals surface area contributed by atoms with Crippen LogP contribution in [0, 0.1) is 5.82 Å². The molecule has 0 radical (unpaired) electrons.